The van der Waals surface area contributed by atoms with E-state index < -0.39 is 0 Å². The first-order valence-electron chi connectivity index (χ1n) is 6.90. The molecule has 2 aliphatic heterocycles. The molecule has 0 radical (unpaired) electrons. The first-order chi connectivity index (χ1) is 8.52. The molecule has 20 heavy (non-hydrogen) atoms. The van der Waals surface area contributed by atoms with Gasteiger partial charge in [-0.15, -0.1) is 36.2 Å². The molecule has 1 N–H and O–H groups in total. The number of fused-ring (bicyclic) bond motifs is 1. The van der Waals surface area contributed by atoms with Crippen LogP contribution in [0.5, 0.6) is 0 Å². The lowest BCUT2D eigenvalue weighted by Crippen LogP contribution is -2.25. The number of halogens is 2. The lowest BCUT2D eigenvalue weighted by atomic mass is 9.93. The number of hydrogen-bond donors (Lipinski definition) is 1. The molecule has 116 valence electrons. The molecule has 1 aromatic heterocycles. The molecule has 2 saturated heterocycles. The number of likely N-dealkylation sites (tertiary alicyclic amines) is 1. The third kappa shape index (κ3) is 3.86. The Morgan fingerprint density at radius 3 is 2.35 bits per heavy atom. The maximum absolute atomic E-state index is 4.80. The maximum Gasteiger partial charge on any atom is 0.107 e. The first kappa shape index (κ1) is 18.2. The second-order valence-corrected chi connectivity index (χ2v) is 7.69. The molecule has 3 nitrogen and oxygen atoms in total. The van der Waals surface area contributed by atoms with Gasteiger partial charge >= 0.3 is 0 Å². The average Bonchev–Trinajstić information content (AvgIpc) is 2.90. The van der Waals surface area contributed by atoms with Crippen LogP contribution in [0.3, 0.4) is 0 Å². The molecular formula is C14H25Cl2N3S. The molecule has 0 aliphatic carbocycles. The van der Waals surface area contributed by atoms with Gasteiger partial charge in [0.1, 0.15) is 5.01 Å². The van der Waals surface area contributed by atoms with E-state index in [9.17, 15) is 0 Å². The summed E-state index contributed by atoms with van der Waals surface area (Å²) in [6.45, 7) is 12.7. The van der Waals surface area contributed by atoms with Crippen molar-refractivity contribution in [3.63, 3.8) is 0 Å². The summed E-state index contributed by atoms with van der Waals surface area (Å²) in [5.41, 5.74) is 1.42. The van der Waals surface area contributed by atoms with Crippen LogP contribution in [-0.2, 0) is 12.0 Å². The molecule has 0 bridgehead atoms. The summed E-state index contributed by atoms with van der Waals surface area (Å²) in [5, 5.41) is 7.01. The molecule has 3 heterocycles. The van der Waals surface area contributed by atoms with E-state index in [1.807, 2.05) is 11.3 Å². The molecule has 3 rings (SSSR count). The number of aromatic nitrogens is 1. The van der Waals surface area contributed by atoms with Gasteiger partial charge in [-0.25, -0.2) is 4.98 Å². The zero-order valence-corrected chi connectivity index (χ0v) is 14.8. The van der Waals surface area contributed by atoms with Crippen molar-refractivity contribution in [2.75, 3.05) is 26.2 Å². The highest BCUT2D eigenvalue weighted by Gasteiger charge is 2.36. The van der Waals surface area contributed by atoms with Gasteiger partial charge in [0.05, 0.1) is 12.2 Å². The molecule has 0 aromatic carbocycles. The highest BCUT2D eigenvalue weighted by Crippen LogP contribution is 2.29. The van der Waals surface area contributed by atoms with Gasteiger partial charge in [0, 0.05) is 23.9 Å². The molecule has 2 atom stereocenters. The Balaban J connectivity index is 0.000001000. The number of thiazole rings is 1. The molecule has 0 unspecified atom stereocenters. The van der Waals surface area contributed by atoms with E-state index in [0.29, 0.717) is 0 Å². The van der Waals surface area contributed by atoms with E-state index in [1.165, 1.54) is 36.9 Å². The van der Waals surface area contributed by atoms with Gasteiger partial charge in [0.25, 0.3) is 0 Å². The van der Waals surface area contributed by atoms with Crippen LogP contribution >= 0.6 is 36.2 Å². The van der Waals surface area contributed by atoms with Crippen LogP contribution in [0.1, 0.15) is 31.5 Å². The van der Waals surface area contributed by atoms with Crippen molar-refractivity contribution in [3.8, 4) is 0 Å². The minimum Gasteiger partial charge on any atom is -0.316 e. The van der Waals surface area contributed by atoms with E-state index >= 15 is 0 Å². The lowest BCUT2D eigenvalue weighted by molar-refractivity contribution is 0.304. The average molecular weight is 338 g/mol. The normalized spacial score (nSPS) is 25.9. The number of rotatable bonds is 2. The van der Waals surface area contributed by atoms with Gasteiger partial charge in [-0.05, 0) is 24.9 Å². The first-order valence-corrected chi connectivity index (χ1v) is 7.78. The Morgan fingerprint density at radius 1 is 1.25 bits per heavy atom. The summed E-state index contributed by atoms with van der Waals surface area (Å²) in [7, 11) is 0. The summed E-state index contributed by atoms with van der Waals surface area (Å²) < 4.78 is 0. The van der Waals surface area contributed by atoms with Gasteiger partial charge in [-0.3, -0.25) is 4.90 Å². The largest absolute Gasteiger partial charge is 0.316 e. The van der Waals surface area contributed by atoms with Crippen molar-refractivity contribution in [2.24, 2.45) is 11.8 Å². The molecule has 0 spiro atoms. The molecule has 1 aromatic rings. The van der Waals surface area contributed by atoms with Crippen LogP contribution in [0.15, 0.2) is 5.38 Å². The molecule has 2 fully saturated rings. The van der Waals surface area contributed by atoms with E-state index in [2.05, 4.69) is 36.4 Å². The molecular weight excluding hydrogens is 313 g/mol. The Kier molecular flexibility index (Phi) is 6.30. The zero-order chi connectivity index (χ0) is 12.8. The molecule has 6 heteroatoms. The van der Waals surface area contributed by atoms with Crippen LogP contribution in [0.25, 0.3) is 0 Å². The van der Waals surface area contributed by atoms with Gasteiger partial charge in [0.15, 0.2) is 0 Å². The Morgan fingerprint density at radius 2 is 1.85 bits per heavy atom. The lowest BCUT2D eigenvalue weighted by Gasteiger charge is -2.16. The predicted molar refractivity (Wildman–Crippen MR) is 90.4 cm³/mol. The number of nitrogens with one attached hydrogen (secondary N) is 1. The fraction of sp³-hybridized carbons (Fsp3) is 0.786. The molecule has 0 saturated carbocycles. The Bertz CT molecular complexity index is 418. The summed E-state index contributed by atoms with van der Waals surface area (Å²) in [6, 6.07) is 0. The Labute approximate surface area is 138 Å². The quantitative estimate of drug-likeness (QED) is 0.899. The second kappa shape index (κ2) is 6.93. The Hall–Kier alpha value is 0.130. The third-order valence-electron chi connectivity index (χ3n) is 4.14. The van der Waals surface area contributed by atoms with Crippen molar-refractivity contribution in [3.05, 3.63) is 16.1 Å². The highest BCUT2D eigenvalue weighted by molar-refractivity contribution is 7.09. The molecule has 0 amide bonds. The van der Waals surface area contributed by atoms with Crippen molar-refractivity contribution in [1.29, 1.82) is 0 Å². The number of hydrogen-bond acceptors (Lipinski definition) is 4. The smallest absolute Gasteiger partial charge is 0.107 e. The van der Waals surface area contributed by atoms with Crippen molar-refractivity contribution < 1.29 is 0 Å². The van der Waals surface area contributed by atoms with Crippen LogP contribution in [0.2, 0.25) is 0 Å². The maximum atomic E-state index is 4.80. The third-order valence-corrected chi connectivity index (χ3v) is 4.98. The van der Waals surface area contributed by atoms with E-state index in [-0.39, 0.29) is 30.2 Å². The van der Waals surface area contributed by atoms with Crippen LogP contribution in [0.4, 0.5) is 0 Å². The van der Waals surface area contributed by atoms with Gasteiger partial charge < -0.3 is 5.32 Å². The van der Waals surface area contributed by atoms with Gasteiger partial charge in [0.2, 0.25) is 0 Å². The summed E-state index contributed by atoms with van der Waals surface area (Å²) in [4.78, 5) is 7.38. The van der Waals surface area contributed by atoms with Crippen LogP contribution in [0, 0.1) is 11.8 Å². The monoisotopic (exact) mass is 337 g/mol. The molecule has 2 aliphatic rings. The fourth-order valence-electron chi connectivity index (χ4n) is 3.00. The highest BCUT2D eigenvalue weighted by atomic mass is 35.5. The summed E-state index contributed by atoms with van der Waals surface area (Å²) >= 11 is 1.82. The van der Waals surface area contributed by atoms with Crippen LogP contribution < -0.4 is 5.32 Å². The minimum atomic E-state index is 0. The second-order valence-electron chi connectivity index (χ2n) is 6.75. The van der Waals surface area contributed by atoms with Crippen LogP contribution in [-0.4, -0.2) is 36.1 Å². The standard InChI is InChI=1S/C14H23N3S.2ClH/c1-14(2,3)12-9-18-13(16-12)8-17-6-10-4-15-5-11(10)7-17;;/h9-11,15H,4-8H2,1-3H3;2*1H/t10-,11+;;. The van der Waals surface area contributed by atoms with E-state index in [4.69, 9.17) is 4.98 Å². The minimum absolute atomic E-state index is 0. The van der Waals surface area contributed by atoms with Gasteiger partial charge in [-0.2, -0.15) is 0 Å². The van der Waals surface area contributed by atoms with E-state index in [1.54, 1.807) is 0 Å². The summed E-state index contributed by atoms with van der Waals surface area (Å²) in [5.74, 6) is 1.76. The summed E-state index contributed by atoms with van der Waals surface area (Å²) in [6.07, 6.45) is 0. The van der Waals surface area contributed by atoms with E-state index in [0.717, 1.165) is 18.4 Å². The number of nitrogens with zero attached hydrogens (tertiary/aromatic N) is 2. The fourth-order valence-corrected chi connectivity index (χ4v) is 4.06. The van der Waals surface area contributed by atoms with Crippen molar-refractivity contribution in [1.82, 2.24) is 15.2 Å². The zero-order valence-electron chi connectivity index (χ0n) is 12.4. The predicted octanol–water partition coefficient (Wildman–Crippen LogP) is 2.94. The SMILES string of the molecule is CC(C)(C)c1csc(CN2C[C@H]3CNC[C@H]3C2)n1.Cl.Cl. The topological polar surface area (TPSA) is 28.2 Å². The van der Waals surface area contributed by atoms with Crippen molar-refractivity contribution >= 4 is 36.2 Å². The van der Waals surface area contributed by atoms with Gasteiger partial charge in [-0.1, -0.05) is 20.8 Å². The van der Waals surface area contributed by atoms with Crippen molar-refractivity contribution in [2.45, 2.75) is 32.7 Å².